The molecule has 1 amide bonds. The summed E-state index contributed by atoms with van der Waals surface area (Å²) in [5, 5.41) is 2.86. The molecular formula is C17H25FN2O4S. The van der Waals surface area contributed by atoms with Crippen LogP contribution in [-0.2, 0) is 19.4 Å². The van der Waals surface area contributed by atoms with Gasteiger partial charge < -0.3 is 10.1 Å². The standard InChI is InChI=1S/C17H25FN2O4S/c1-13(12-25(22,23)16-5-3-15(18)4-6-16)17(21)19-14(2)11-20-7-9-24-10-8-20/h3-6,13-14H,7-12H2,1-2H3,(H,19,21)/t13-,14-/m1/s1. The maximum atomic E-state index is 12.9. The van der Waals surface area contributed by atoms with Gasteiger partial charge in [0.2, 0.25) is 5.91 Å². The number of nitrogens with one attached hydrogen (secondary N) is 1. The molecule has 140 valence electrons. The maximum absolute atomic E-state index is 12.9. The van der Waals surface area contributed by atoms with Gasteiger partial charge in [-0.15, -0.1) is 0 Å². The smallest absolute Gasteiger partial charge is 0.224 e. The van der Waals surface area contributed by atoms with Crippen LogP contribution in [0.4, 0.5) is 4.39 Å². The molecule has 0 aliphatic carbocycles. The molecule has 1 N–H and O–H groups in total. The molecule has 1 aliphatic heterocycles. The van der Waals surface area contributed by atoms with Crippen molar-refractivity contribution in [2.75, 3.05) is 38.6 Å². The Morgan fingerprint density at radius 1 is 1.24 bits per heavy atom. The lowest BCUT2D eigenvalue weighted by molar-refractivity contribution is -0.124. The molecular weight excluding hydrogens is 347 g/mol. The number of sulfone groups is 1. The molecule has 0 unspecified atom stereocenters. The zero-order valence-electron chi connectivity index (χ0n) is 14.6. The summed E-state index contributed by atoms with van der Waals surface area (Å²) in [5.41, 5.74) is 0. The Morgan fingerprint density at radius 3 is 2.44 bits per heavy atom. The second-order valence-corrected chi connectivity index (χ2v) is 8.49. The highest BCUT2D eigenvalue weighted by molar-refractivity contribution is 7.91. The van der Waals surface area contributed by atoms with Gasteiger partial charge in [0.25, 0.3) is 0 Å². The molecule has 8 heteroatoms. The van der Waals surface area contributed by atoms with Gasteiger partial charge in [0, 0.05) is 31.6 Å². The molecule has 1 aromatic carbocycles. The molecule has 1 fully saturated rings. The summed E-state index contributed by atoms with van der Waals surface area (Å²) in [6.07, 6.45) is 0. The number of halogens is 1. The lowest BCUT2D eigenvalue weighted by Gasteiger charge is -2.29. The number of rotatable bonds is 7. The fourth-order valence-electron chi connectivity index (χ4n) is 2.74. The Morgan fingerprint density at radius 2 is 1.84 bits per heavy atom. The van der Waals surface area contributed by atoms with Crippen LogP contribution in [0.2, 0.25) is 0 Å². The van der Waals surface area contributed by atoms with E-state index < -0.39 is 21.6 Å². The number of morpholine rings is 1. The number of nitrogens with zero attached hydrogens (tertiary/aromatic N) is 1. The van der Waals surface area contributed by atoms with Gasteiger partial charge in [-0.25, -0.2) is 12.8 Å². The molecule has 0 aromatic heterocycles. The van der Waals surface area contributed by atoms with E-state index in [1.54, 1.807) is 6.92 Å². The average molecular weight is 372 g/mol. The SMILES string of the molecule is C[C@H](CN1CCOCC1)NC(=O)[C@H](C)CS(=O)(=O)c1ccc(F)cc1. The van der Waals surface area contributed by atoms with Crippen LogP contribution >= 0.6 is 0 Å². The molecule has 0 spiro atoms. The first kappa shape index (κ1) is 19.8. The summed E-state index contributed by atoms with van der Waals surface area (Å²) in [5.74, 6) is -1.80. The molecule has 2 rings (SSSR count). The van der Waals surface area contributed by atoms with Crippen molar-refractivity contribution in [1.29, 1.82) is 0 Å². The van der Waals surface area contributed by atoms with Gasteiger partial charge >= 0.3 is 0 Å². The lowest BCUT2D eigenvalue weighted by atomic mass is 10.2. The van der Waals surface area contributed by atoms with E-state index in [1.807, 2.05) is 6.92 Å². The van der Waals surface area contributed by atoms with E-state index >= 15 is 0 Å². The summed E-state index contributed by atoms with van der Waals surface area (Å²) in [7, 11) is -3.64. The van der Waals surface area contributed by atoms with E-state index in [0.717, 1.165) is 25.2 Å². The molecule has 1 aliphatic rings. The van der Waals surface area contributed by atoms with Crippen LogP contribution in [0.15, 0.2) is 29.2 Å². The van der Waals surface area contributed by atoms with E-state index in [1.165, 1.54) is 12.1 Å². The highest BCUT2D eigenvalue weighted by Gasteiger charge is 2.24. The fourth-order valence-corrected chi connectivity index (χ4v) is 4.30. The predicted molar refractivity (Wildman–Crippen MR) is 92.5 cm³/mol. The third-order valence-electron chi connectivity index (χ3n) is 4.11. The van der Waals surface area contributed by atoms with Gasteiger partial charge in [-0.05, 0) is 31.2 Å². The highest BCUT2D eigenvalue weighted by atomic mass is 32.2. The third kappa shape index (κ3) is 6.05. The van der Waals surface area contributed by atoms with E-state index in [9.17, 15) is 17.6 Å². The minimum Gasteiger partial charge on any atom is -0.379 e. The van der Waals surface area contributed by atoms with Crippen molar-refractivity contribution in [3.63, 3.8) is 0 Å². The Hall–Kier alpha value is -1.51. The molecule has 2 atom stereocenters. The van der Waals surface area contributed by atoms with Crippen LogP contribution in [0.5, 0.6) is 0 Å². The molecule has 0 radical (unpaired) electrons. The summed E-state index contributed by atoms with van der Waals surface area (Å²) < 4.78 is 42.9. The minimum absolute atomic E-state index is 0.0231. The maximum Gasteiger partial charge on any atom is 0.224 e. The Balaban J connectivity index is 1.87. The van der Waals surface area contributed by atoms with Crippen molar-refractivity contribution in [1.82, 2.24) is 10.2 Å². The quantitative estimate of drug-likeness (QED) is 0.725. The molecule has 1 saturated heterocycles. The Labute approximate surface area is 148 Å². The van der Waals surface area contributed by atoms with E-state index in [2.05, 4.69) is 10.2 Å². The summed E-state index contributed by atoms with van der Waals surface area (Å²) in [6.45, 7) is 7.21. The number of amides is 1. The first-order valence-electron chi connectivity index (χ1n) is 8.37. The van der Waals surface area contributed by atoms with Crippen molar-refractivity contribution in [2.45, 2.75) is 24.8 Å². The van der Waals surface area contributed by atoms with Gasteiger partial charge in [-0.2, -0.15) is 0 Å². The molecule has 1 aromatic rings. The molecule has 25 heavy (non-hydrogen) atoms. The van der Waals surface area contributed by atoms with Crippen LogP contribution in [0.1, 0.15) is 13.8 Å². The molecule has 6 nitrogen and oxygen atoms in total. The monoisotopic (exact) mass is 372 g/mol. The Bertz CT molecular complexity index is 672. The predicted octanol–water partition coefficient (Wildman–Crippen LogP) is 1.07. The van der Waals surface area contributed by atoms with Gasteiger partial charge in [0.1, 0.15) is 5.82 Å². The van der Waals surface area contributed by atoms with Crippen LogP contribution in [-0.4, -0.2) is 63.9 Å². The van der Waals surface area contributed by atoms with E-state index in [-0.39, 0.29) is 22.6 Å². The molecule has 0 bridgehead atoms. The van der Waals surface area contributed by atoms with Crippen molar-refractivity contribution in [3.8, 4) is 0 Å². The van der Waals surface area contributed by atoms with E-state index in [4.69, 9.17) is 4.74 Å². The summed E-state index contributed by atoms with van der Waals surface area (Å²) >= 11 is 0. The summed E-state index contributed by atoms with van der Waals surface area (Å²) in [4.78, 5) is 14.5. The van der Waals surface area contributed by atoms with Crippen LogP contribution in [0, 0.1) is 11.7 Å². The zero-order chi connectivity index (χ0) is 18.4. The van der Waals surface area contributed by atoms with E-state index in [0.29, 0.717) is 19.8 Å². The highest BCUT2D eigenvalue weighted by Crippen LogP contribution is 2.15. The van der Waals surface area contributed by atoms with Crippen molar-refractivity contribution in [2.24, 2.45) is 5.92 Å². The van der Waals surface area contributed by atoms with Gasteiger partial charge in [0.05, 0.1) is 23.9 Å². The molecule has 1 heterocycles. The number of benzene rings is 1. The van der Waals surface area contributed by atoms with Crippen LogP contribution in [0.25, 0.3) is 0 Å². The lowest BCUT2D eigenvalue weighted by Crippen LogP contribution is -2.47. The summed E-state index contributed by atoms with van der Waals surface area (Å²) in [6, 6.07) is 4.55. The number of ether oxygens (including phenoxy) is 1. The van der Waals surface area contributed by atoms with Crippen molar-refractivity contribution in [3.05, 3.63) is 30.1 Å². The number of hydrogen-bond donors (Lipinski definition) is 1. The second-order valence-electron chi connectivity index (χ2n) is 6.46. The van der Waals surface area contributed by atoms with Crippen molar-refractivity contribution < 1.29 is 22.3 Å². The van der Waals surface area contributed by atoms with Crippen LogP contribution in [0.3, 0.4) is 0 Å². The van der Waals surface area contributed by atoms with Gasteiger partial charge in [0.15, 0.2) is 9.84 Å². The topological polar surface area (TPSA) is 75.7 Å². The normalized spacial score (nSPS) is 18.5. The fraction of sp³-hybridized carbons (Fsp3) is 0.588. The second kappa shape index (κ2) is 8.73. The largest absolute Gasteiger partial charge is 0.379 e. The minimum atomic E-state index is -3.64. The number of hydrogen-bond acceptors (Lipinski definition) is 5. The zero-order valence-corrected chi connectivity index (χ0v) is 15.4. The molecule has 0 saturated carbocycles. The third-order valence-corrected chi connectivity index (χ3v) is 6.04. The Kier molecular flexibility index (Phi) is 6.92. The van der Waals surface area contributed by atoms with Gasteiger partial charge in [-0.1, -0.05) is 6.92 Å². The first-order valence-corrected chi connectivity index (χ1v) is 10.0. The number of carbonyl (C=O) groups excluding carboxylic acids is 1. The van der Waals surface area contributed by atoms with Crippen molar-refractivity contribution >= 4 is 15.7 Å². The number of carbonyl (C=O) groups is 1. The van der Waals surface area contributed by atoms with Crippen LogP contribution < -0.4 is 5.32 Å². The average Bonchev–Trinajstić information content (AvgIpc) is 2.55. The first-order chi connectivity index (χ1) is 11.8. The van der Waals surface area contributed by atoms with Gasteiger partial charge in [-0.3, -0.25) is 9.69 Å².